The number of aromatic nitrogens is 2. The first kappa shape index (κ1) is 13.7. The minimum absolute atomic E-state index is 0.0560. The Balaban J connectivity index is 2.71. The fourth-order valence-electron chi connectivity index (χ4n) is 1.34. The molecule has 0 spiro atoms. The number of carboxylic acid groups (broad SMARTS) is 1. The van der Waals surface area contributed by atoms with Gasteiger partial charge in [0.2, 0.25) is 0 Å². The van der Waals surface area contributed by atoms with Gasteiger partial charge in [0.15, 0.2) is 0 Å². The molecule has 1 amide bonds. The molecule has 3 N–H and O–H groups in total. The van der Waals surface area contributed by atoms with Crippen LogP contribution in [0.3, 0.4) is 0 Å². The van der Waals surface area contributed by atoms with Crippen LogP contribution in [0.15, 0.2) is 15.8 Å². The van der Waals surface area contributed by atoms with E-state index in [0.717, 1.165) is 6.20 Å². The van der Waals surface area contributed by atoms with E-state index in [1.165, 1.54) is 11.9 Å². The van der Waals surface area contributed by atoms with Crippen LogP contribution < -0.4 is 11.2 Å². The van der Waals surface area contributed by atoms with Gasteiger partial charge in [0.25, 0.3) is 11.5 Å². The lowest BCUT2D eigenvalue weighted by molar-refractivity contribution is -0.137. The molecule has 1 aromatic rings. The van der Waals surface area contributed by atoms with E-state index in [0.29, 0.717) is 6.42 Å². The topological polar surface area (TPSA) is 123 Å². The summed E-state index contributed by atoms with van der Waals surface area (Å²) < 4.78 is 0. The van der Waals surface area contributed by atoms with E-state index in [-0.39, 0.29) is 18.5 Å². The number of hydrogen-bond donors (Lipinski definition) is 3. The zero-order valence-corrected chi connectivity index (χ0v) is 9.73. The Bertz CT molecular complexity index is 559. The highest BCUT2D eigenvalue weighted by Crippen LogP contribution is 1.98. The lowest BCUT2D eigenvalue weighted by atomic mass is 10.2. The number of aromatic amines is 2. The molecular formula is C10H13N3O5. The number of hydrogen-bond acceptors (Lipinski definition) is 4. The van der Waals surface area contributed by atoms with E-state index in [1.54, 1.807) is 0 Å². The van der Waals surface area contributed by atoms with Crippen molar-refractivity contribution in [1.29, 1.82) is 0 Å². The summed E-state index contributed by atoms with van der Waals surface area (Å²) in [4.78, 5) is 49.6. The SMILES string of the molecule is CN(CCCC(=O)O)C(=O)c1c[nH]c(=O)[nH]c1=O. The number of carboxylic acids is 1. The maximum atomic E-state index is 11.8. The first-order valence-electron chi connectivity index (χ1n) is 5.21. The number of nitrogens with zero attached hydrogens (tertiary/aromatic N) is 1. The third-order valence-electron chi connectivity index (χ3n) is 2.28. The normalized spacial score (nSPS) is 10.1. The Hall–Kier alpha value is -2.38. The van der Waals surface area contributed by atoms with Crippen LogP contribution in [0.5, 0.6) is 0 Å². The van der Waals surface area contributed by atoms with Crippen molar-refractivity contribution in [3.8, 4) is 0 Å². The van der Waals surface area contributed by atoms with Gasteiger partial charge in [0, 0.05) is 26.2 Å². The molecule has 0 unspecified atom stereocenters. The largest absolute Gasteiger partial charge is 0.481 e. The average Bonchev–Trinajstić information content (AvgIpc) is 2.27. The van der Waals surface area contributed by atoms with Crippen molar-refractivity contribution in [2.24, 2.45) is 0 Å². The van der Waals surface area contributed by atoms with Crippen LogP contribution in [0, 0.1) is 0 Å². The fourth-order valence-corrected chi connectivity index (χ4v) is 1.34. The summed E-state index contributed by atoms with van der Waals surface area (Å²) in [7, 11) is 1.45. The number of carbonyl (C=O) groups excluding carboxylic acids is 1. The van der Waals surface area contributed by atoms with Crippen molar-refractivity contribution in [2.45, 2.75) is 12.8 Å². The highest BCUT2D eigenvalue weighted by atomic mass is 16.4. The summed E-state index contributed by atoms with van der Waals surface area (Å²) in [5, 5.41) is 8.46. The molecule has 1 rings (SSSR count). The standard InChI is InChI=1S/C10H13N3O5/c1-13(4-2-3-7(14)15)9(17)6-5-11-10(18)12-8(6)16/h5H,2-4H2,1H3,(H,14,15)(H2,11,12,16,18). The maximum Gasteiger partial charge on any atom is 0.325 e. The molecule has 8 nitrogen and oxygen atoms in total. The molecule has 1 heterocycles. The van der Waals surface area contributed by atoms with Crippen LogP contribution in [-0.4, -0.2) is 45.4 Å². The van der Waals surface area contributed by atoms with Gasteiger partial charge in [-0.05, 0) is 6.42 Å². The minimum atomic E-state index is -0.947. The van der Waals surface area contributed by atoms with Gasteiger partial charge in [-0.15, -0.1) is 0 Å². The predicted octanol–water partition coefficient (Wildman–Crippen LogP) is -1.000. The molecule has 0 radical (unpaired) electrons. The van der Waals surface area contributed by atoms with Crippen LogP contribution in [0.4, 0.5) is 0 Å². The molecule has 0 aliphatic carbocycles. The number of nitrogens with one attached hydrogen (secondary N) is 2. The van der Waals surface area contributed by atoms with Gasteiger partial charge < -0.3 is 15.0 Å². The molecule has 8 heteroatoms. The van der Waals surface area contributed by atoms with Crippen molar-refractivity contribution in [3.63, 3.8) is 0 Å². The van der Waals surface area contributed by atoms with E-state index >= 15 is 0 Å². The lowest BCUT2D eigenvalue weighted by Gasteiger charge is -2.15. The fraction of sp³-hybridized carbons (Fsp3) is 0.400. The summed E-state index contributed by atoms with van der Waals surface area (Å²) >= 11 is 0. The Labute approximate surface area is 101 Å². The second kappa shape index (κ2) is 5.80. The van der Waals surface area contributed by atoms with Gasteiger partial charge in [-0.3, -0.25) is 19.4 Å². The van der Waals surface area contributed by atoms with Crippen molar-refractivity contribution in [3.05, 3.63) is 32.6 Å². The minimum Gasteiger partial charge on any atom is -0.481 e. The van der Waals surface area contributed by atoms with E-state index in [9.17, 15) is 19.2 Å². The Morgan fingerprint density at radius 3 is 2.61 bits per heavy atom. The molecule has 0 aliphatic heterocycles. The van der Waals surface area contributed by atoms with Gasteiger partial charge in [-0.25, -0.2) is 4.79 Å². The van der Waals surface area contributed by atoms with Gasteiger partial charge in [-0.2, -0.15) is 0 Å². The molecule has 0 aliphatic rings. The second-order valence-electron chi connectivity index (χ2n) is 3.71. The van der Waals surface area contributed by atoms with Crippen LogP contribution in [0.2, 0.25) is 0 Å². The average molecular weight is 255 g/mol. The van der Waals surface area contributed by atoms with Crippen LogP contribution in [0.1, 0.15) is 23.2 Å². The Kier molecular flexibility index (Phi) is 4.41. The quantitative estimate of drug-likeness (QED) is 0.622. The van der Waals surface area contributed by atoms with Crippen LogP contribution in [-0.2, 0) is 4.79 Å². The molecule has 0 saturated heterocycles. The molecule has 98 valence electrons. The number of H-pyrrole nitrogens is 2. The molecule has 1 aromatic heterocycles. The summed E-state index contributed by atoms with van der Waals surface area (Å²) in [5.74, 6) is -1.52. The molecule has 0 saturated carbocycles. The summed E-state index contributed by atoms with van der Waals surface area (Å²) in [6.45, 7) is 0.212. The van der Waals surface area contributed by atoms with E-state index < -0.39 is 23.1 Å². The number of amides is 1. The van der Waals surface area contributed by atoms with Crippen molar-refractivity contribution >= 4 is 11.9 Å². The highest BCUT2D eigenvalue weighted by molar-refractivity contribution is 5.93. The summed E-state index contributed by atoms with van der Waals surface area (Å²) in [6, 6.07) is 0. The van der Waals surface area contributed by atoms with Crippen molar-refractivity contribution < 1.29 is 14.7 Å². The number of aliphatic carboxylic acids is 1. The zero-order valence-electron chi connectivity index (χ0n) is 9.73. The van der Waals surface area contributed by atoms with E-state index in [1.807, 2.05) is 4.98 Å². The summed E-state index contributed by atoms with van der Waals surface area (Å²) in [6.07, 6.45) is 1.27. The second-order valence-corrected chi connectivity index (χ2v) is 3.71. The third kappa shape index (κ3) is 3.58. The van der Waals surface area contributed by atoms with Gasteiger partial charge in [-0.1, -0.05) is 0 Å². The maximum absolute atomic E-state index is 11.8. The molecule has 0 aromatic carbocycles. The monoisotopic (exact) mass is 255 g/mol. The molecular weight excluding hydrogens is 242 g/mol. The number of carbonyl (C=O) groups is 2. The Morgan fingerprint density at radius 2 is 2.06 bits per heavy atom. The van der Waals surface area contributed by atoms with E-state index in [4.69, 9.17) is 5.11 Å². The van der Waals surface area contributed by atoms with Crippen LogP contribution >= 0.6 is 0 Å². The Morgan fingerprint density at radius 1 is 1.39 bits per heavy atom. The van der Waals surface area contributed by atoms with Gasteiger partial charge >= 0.3 is 11.7 Å². The first-order chi connectivity index (χ1) is 8.41. The lowest BCUT2D eigenvalue weighted by Crippen LogP contribution is -2.35. The van der Waals surface area contributed by atoms with Crippen molar-refractivity contribution in [1.82, 2.24) is 14.9 Å². The third-order valence-corrected chi connectivity index (χ3v) is 2.28. The van der Waals surface area contributed by atoms with E-state index in [2.05, 4.69) is 4.98 Å². The van der Waals surface area contributed by atoms with Gasteiger partial charge in [0.1, 0.15) is 5.56 Å². The molecule has 0 fully saturated rings. The summed E-state index contributed by atoms with van der Waals surface area (Å²) in [5.41, 5.74) is -1.65. The predicted molar refractivity (Wildman–Crippen MR) is 61.5 cm³/mol. The first-order valence-corrected chi connectivity index (χ1v) is 5.21. The highest BCUT2D eigenvalue weighted by Gasteiger charge is 2.15. The smallest absolute Gasteiger partial charge is 0.325 e. The molecule has 18 heavy (non-hydrogen) atoms. The van der Waals surface area contributed by atoms with Crippen molar-refractivity contribution in [2.75, 3.05) is 13.6 Å². The number of rotatable bonds is 5. The van der Waals surface area contributed by atoms with Crippen LogP contribution in [0.25, 0.3) is 0 Å². The zero-order chi connectivity index (χ0) is 13.7. The molecule has 0 atom stereocenters. The molecule has 0 bridgehead atoms. The van der Waals surface area contributed by atoms with Gasteiger partial charge in [0.05, 0.1) is 0 Å².